The maximum atomic E-state index is 8.58. The van der Waals surface area contributed by atoms with Crippen molar-refractivity contribution in [2.24, 2.45) is 0 Å². The fraction of sp³-hybridized carbons (Fsp3) is 0. The predicted octanol–water partition coefficient (Wildman–Crippen LogP) is -5.19. The van der Waals surface area contributed by atoms with E-state index < -0.39 is 27.8 Å². The second-order valence-electron chi connectivity index (χ2n) is 0.0833. The molecule has 0 aliphatic rings. The first-order valence-corrected chi connectivity index (χ1v) is 3.81. The fourth-order valence-corrected chi connectivity index (χ4v) is 0. The maximum absolute atomic E-state index is 8.58. The average Bonchev–Trinajstić information content (AvgIpc) is 0.918. The zero-order valence-corrected chi connectivity index (χ0v) is 8.48. The summed E-state index contributed by atoms with van der Waals surface area (Å²) in [6.07, 6.45) is 0. The third-order valence-corrected chi connectivity index (χ3v) is 0. The van der Waals surface area contributed by atoms with Gasteiger partial charge >= 0.3 is 32.3 Å². The Morgan fingerprint density at radius 3 is 0.556 bits per heavy atom. The molecule has 64 valence electrons. The molecule has 0 bridgehead atoms. The third kappa shape index (κ3) is 2040. The number of rotatable bonds is 0. The van der Waals surface area contributed by atoms with Gasteiger partial charge in [0.25, 0.3) is 0 Å². The van der Waals surface area contributed by atoms with Crippen molar-refractivity contribution in [3.8, 4) is 0 Å². The summed E-state index contributed by atoms with van der Waals surface area (Å²) in [7, 11) is 0. The van der Waals surface area contributed by atoms with Gasteiger partial charge in [0.2, 0.25) is 0 Å². The molecule has 9 heteroatoms. The third-order valence-electron chi connectivity index (χ3n) is 0. The van der Waals surface area contributed by atoms with Gasteiger partial charge in [-0.3, -0.25) is 0 Å². The van der Waals surface area contributed by atoms with E-state index in [0.29, 0.717) is 0 Å². The summed E-state index contributed by atoms with van der Waals surface area (Å²) < 4.78 is 17.2. The van der Waals surface area contributed by atoms with Crippen LogP contribution in [0.15, 0.2) is 0 Å². The van der Waals surface area contributed by atoms with Crippen LogP contribution >= 0.6 is 0 Å². The summed E-state index contributed by atoms with van der Waals surface area (Å²) in [5, 5.41) is 0. The van der Waals surface area contributed by atoms with Crippen LogP contribution in [0, 0.1) is 27.8 Å². The summed E-state index contributed by atoms with van der Waals surface area (Å²) in [5.41, 5.74) is 0. The van der Waals surface area contributed by atoms with E-state index in [4.69, 9.17) is 4.47 Å². The van der Waals surface area contributed by atoms with Crippen molar-refractivity contribution in [3.05, 3.63) is 0 Å². The molecule has 0 saturated heterocycles. The van der Waals surface area contributed by atoms with Crippen LogP contribution < -0.4 is 0 Å². The van der Waals surface area contributed by atoms with E-state index in [2.05, 4.69) is 0 Å². The number of hydrogen-bond donors (Lipinski definition) is 0. The molecule has 0 aromatic heterocycles. The molecule has 0 rings (SSSR count). The van der Waals surface area contributed by atoms with Gasteiger partial charge in [0.1, 0.15) is 0 Å². The first-order chi connectivity index (χ1) is 1.41. The van der Waals surface area contributed by atoms with E-state index in [1.54, 1.807) is 0 Å². The Kier molecular flexibility index (Phi) is 2950. The average molecular weight is 378 g/mol. The van der Waals surface area contributed by atoms with Gasteiger partial charge in [-0.1, -0.05) is 0 Å². The molecule has 8 nitrogen and oxygen atoms in total. The Labute approximate surface area is 65.3 Å². The van der Waals surface area contributed by atoms with Crippen molar-refractivity contribution >= 4 is 0 Å². The van der Waals surface area contributed by atoms with E-state index in [0.717, 1.165) is 0 Å². The van der Waals surface area contributed by atoms with Gasteiger partial charge in [-0.15, -0.1) is 0 Å². The molecule has 0 unspecified atom stereocenters. The van der Waals surface area contributed by atoms with Crippen LogP contribution in [0.3, 0.4) is 0 Å². The van der Waals surface area contributed by atoms with Gasteiger partial charge < -0.3 is 32.9 Å². The van der Waals surface area contributed by atoms with Gasteiger partial charge in [-0.05, 0) is 0 Å². The van der Waals surface area contributed by atoms with E-state index in [1.165, 1.54) is 0 Å². The summed E-state index contributed by atoms with van der Waals surface area (Å²) in [6.45, 7) is 0. The molecule has 0 aliphatic carbocycles. The summed E-state index contributed by atoms with van der Waals surface area (Å²) in [6, 6.07) is 0. The van der Waals surface area contributed by atoms with Crippen LogP contribution in [-0.4, -0.2) is 32.9 Å². The van der Waals surface area contributed by atoms with E-state index in [9.17, 15) is 0 Å². The molecule has 0 amide bonds. The Hall–Kier alpha value is 0.412. The molecule has 0 aliphatic heterocycles. The van der Waals surface area contributed by atoms with Crippen LogP contribution in [-0.2, 0) is 4.47 Å². The zero-order valence-electron chi connectivity index (χ0n) is 4.32. The molecule has 0 radical (unpaired) electrons. The fourth-order valence-electron chi connectivity index (χ4n) is 0. The Bertz CT molecular complexity index is 25.5. The van der Waals surface area contributed by atoms with Gasteiger partial charge in [0.15, 0.2) is 0 Å². The molecule has 0 saturated carbocycles. The minimum absolute atomic E-state index is 0. The van der Waals surface area contributed by atoms with E-state index in [-0.39, 0.29) is 32.9 Å². The van der Waals surface area contributed by atoms with Crippen molar-refractivity contribution in [2.75, 3.05) is 0 Å². The Morgan fingerprint density at radius 1 is 0.556 bits per heavy atom. The predicted molar refractivity (Wildman–Crippen MR) is 23.1 cm³/mol. The van der Waals surface area contributed by atoms with Crippen LogP contribution in [0.4, 0.5) is 0 Å². The Morgan fingerprint density at radius 2 is 0.556 bits per heavy atom. The molecule has 9 heavy (non-hydrogen) atoms. The van der Waals surface area contributed by atoms with Gasteiger partial charge in [-0.2, -0.15) is 0 Å². The van der Waals surface area contributed by atoms with Crippen LogP contribution in [0.1, 0.15) is 0 Å². The molecule has 0 fully saturated rings. The molecular weight excluding hydrogens is 366 g/mol. The monoisotopic (exact) mass is 378 g/mol. The van der Waals surface area contributed by atoms with Crippen molar-refractivity contribution in [3.63, 3.8) is 0 Å². The van der Waals surface area contributed by atoms with Crippen LogP contribution in [0.25, 0.3) is 0 Å². The van der Waals surface area contributed by atoms with Crippen molar-refractivity contribution in [2.45, 2.75) is 0 Å². The summed E-state index contributed by atoms with van der Waals surface area (Å²) in [4.78, 5) is 0. The minimum atomic E-state index is -2.51. The molecule has 12 N–H and O–H groups in total. The van der Waals surface area contributed by atoms with Crippen LogP contribution in [0.2, 0.25) is 0 Å². The summed E-state index contributed by atoms with van der Waals surface area (Å²) in [5.74, 6) is 0. The first kappa shape index (κ1) is 114. The molecule has 0 heterocycles. The van der Waals surface area contributed by atoms with Crippen molar-refractivity contribution in [1.29, 1.82) is 0 Å². The van der Waals surface area contributed by atoms with Crippen molar-refractivity contribution < 1.29 is 65.1 Å². The first-order valence-electron chi connectivity index (χ1n) is 0.408. The topological polar surface area (TPSA) is 223 Å². The summed E-state index contributed by atoms with van der Waals surface area (Å²) >= 11 is -2.51. The zero-order chi connectivity index (χ0) is 2.71. The van der Waals surface area contributed by atoms with Gasteiger partial charge in [-0.25, -0.2) is 0 Å². The SMILES string of the molecule is O.O.O.O.O.O.[O]=[U]=[O]. The van der Waals surface area contributed by atoms with E-state index in [1.807, 2.05) is 0 Å². The standard InChI is InChI=1S/6H2O.2O.U/h6*1H2;;;. The Balaban J connectivity index is -0.00000000133. The molecule has 0 aromatic rings. The van der Waals surface area contributed by atoms with Crippen LogP contribution in [0.5, 0.6) is 0 Å². The second-order valence-corrected chi connectivity index (χ2v) is 0.777. The number of hydrogen-bond acceptors (Lipinski definition) is 2. The van der Waals surface area contributed by atoms with E-state index >= 15 is 0 Å². The quantitative estimate of drug-likeness (QED) is 0.403. The van der Waals surface area contributed by atoms with Crippen molar-refractivity contribution in [1.82, 2.24) is 0 Å². The molecule has 0 atom stereocenters. The second kappa shape index (κ2) is 232. The molecular formula is H12O8U. The molecule has 0 spiro atoms. The molecule has 0 aromatic carbocycles. The van der Waals surface area contributed by atoms with Gasteiger partial charge in [0.05, 0.1) is 0 Å². The van der Waals surface area contributed by atoms with Gasteiger partial charge in [0, 0.05) is 0 Å². The normalized spacial score (nSPS) is 0.889.